The van der Waals surface area contributed by atoms with Crippen molar-refractivity contribution in [3.63, 3.8) is 0 Å². The standard InChI is InChI=1S/C25H27FN2O3S/c1-17(14-26)15-28(32-24-6-4-5-11-27-24)22-12-18(2)19(3)13-23(22)31-16-20-7-9-21(10-8-20)25(29)30/h4-13,17H,14-16H2,1-3H3,(H,29,30)/t17-/m0/s1. The molecule has 5 nitrogen and oxygen atoms in total. The molecule has 0 unspecified atom stereocenters. The van der Waals surface area contributed by atoms with Crippen LogP contribution in [0.3, 0.4) is 0 Å². The summed E-state index contributed by atoms with van der Waals surface area (Å²) >= 11 is 1.45. The first-order valence-electron chi connectivity index (χ1n) is 10.4. The fourth-order valence-electron chi connectivity index (χ4n) is 3.02. The second-order valence-corrected chi connectivity index (χ2v) is 8.82. The average Bonchev–Trinajstić information content (AvgIpc) is 2.80. The molecule has 0 radical (unpaired) electrons. The van der Waals surface area contributed by atoms with E-state index in [0.29, 0.717) is 12.3 Å². The van der Waals surface area contributed by atoms with Crippen molar-refractivity contribution in [3.05, 3.63) is 83.0 Å². The lowest BCUT2D eigenvalue weighted by atomic mass is 10.1. The lowest BCUT2D eigenvalue weighted by molar-refractivity contribution is 0.0697. The number of aromatic nitrogens is 1. The third kappa shape index (κ3) is 6.23. The molecule has 0 aliphatic carbocycles. The van der Waals surface area contributed by atoms with Crippen molar-refractivity contribution < 1.29 is 19.0 Å². The molecular weight excluding hydrogens is 427 g/mol. The molecule has 32 heavy (non-hydrogen) atoms. The van der Waals surface area contributed by atoms with Gasteiger partial charge in [0.15, 0.2) is 0 Å². The van der Waals surface area contributed by atoms with Crippen LogP contribution in [-0.4, -0.2) is 29.3 Å². The Kier molecular flexibility index (Phi) is 8.11. The number of nitrogens with zero attached hydrogens (tertiary/aromatic N) is 2. The number of anilines is 1. The Bertz CT molecular complexity index is 1050. The van der Waals surface area contributed by atoms with Crippen molar-refractivity contribution in [1.82, 2.24) is 4.98 Å². The Labute approximate surface area is 192 Å². The molecule has 3 aromatic rings. The molecule has 1 aromatic heterocycles. The summed E-state index contributed by atoms with van der Waals surface area (Å²) in [6, 6.07) is 16.4. The molecule has 1 N–H and O–H groups in total. The van der Waals surface area contributed by atoms with E-state index in [1.165, 1.54) is 11.9 Å². The van der Waals surface area contributed by atoms with Crippen molar-refractivity contribution in [1.29, 1.82) is 0 Å². The van der Waals surface area contributed by atoms with E-state index >= 15 is 0 Å². The van der Waals surface area contributed by atoms with Crippen LogP contribution in [0.1, 0.15) is 34.0 Å². The Morgan fingerprint density at radius 1 is 1.16 bits per heavy atom. The van der Waals surface area contributed by atoms with Crippen molar-refractivity contribution in [3.8, 4) is 5.75 Å². The summed E-state index contributed by atoms with van der Waals surface area (Å²) in [6.07, 6.45) is 1.73. The molecule has 0 aliphatic heterocycles. The summed E-state index contributed by atoms with van der Waals surface area (Å²) in [5.74, 6) is -0.438. The first-order chi connectivity index (χ1) is 15.4. The van der Waals surface area contributed by atoms with Gasteiger partial charge in [-0.15, -0.1) is 0 Å². The predicted octanol–water partition coefficient (Wildman–Crippen LogP) is 6.09. The molecule has 7 heteroatoms. The molecule has 0 saturated heterocycles. The van der Waals surface area contributed by atoms with Crippen molar-refractivity contribution in [2.24, 2.45) is 5.92 Å². The predicted molar refractivity (Wildman–Crippen MR) is 126 cm³/mol. The number of hydrogen-bond acceptors (Lipinski definition) is 5. The number of alkyl halides is 1. The van der Waals surface area contributed by atoms with Gasteiger partial charge in [-0.3, -0.25) is 4.39 Å². The molecule has 0 spiro atoms. The number of carboxylic acid groups (broad SMARTS) is 1. The Balaban J connectivity index is 1.89. The summed E-state index contributed by atoms with van der Waals surface area (Å²) < 4.78 is 21.6. The lowest BCUT2D eigenvalue weighted by Gasteiger charge is -2.28. The van der Waals surface area contributed by atoms with Gasteiger partial charge in [0.05, 0.1) is 17.9 Å². The van der Waals surface area contributed by atoms with E-state index < -0.39 is 12.6 Å². The molecular formula is C25H27FN2O3S. The fourth-order valence-corrected chi connectivity index (χ4v) is 4.06. The highest BCUT2D eigenvalue weighted by Gasteiger charge is 2.19. The van der Waals surface area contributed by atoms with E-state index in [9.17, 15) is 9.18 Å². The van der Waals surface area contributed by atoms with E-state index in [-0.39, 0.29) is 18.1 Å². The summed E-state index contributed by atoms with van der Waals surface area (Å²) in [7, 11) is 0. The highest BCUT2D eigenvalue weighted by atomic mass is 32.2. The van der Waals surface area contributed by atoms with Crippen LogP contribution in [-0.2, 0) is 6.61 Å². The first-order valence-corrected chi connectivity index (χ1v) is 11.1. The van der Waals surface area contributed by atoms with Crippen LogP contribution >= 0.6 is 11.9 Å². The summed E-state index contributed by atoms with van der Waals surface area (Å²) in [4.78, 5) is 15.5. The largest absolute Gasteiger partial charge is 0.487 e. The molecule has 0 aliphatic rings. The van der Waals surface area contributed by atoms with E-state index in [0.717, 1.165) is 27.4 Å². The number of benzene rings is 2. The van der Waals surface area contributed by atoms with Gasteiger partial charge < -0.3 is 14.1 Å². The Morgan fingerprint density at radius 3 is 2.50 bits per heavy atom. The minimum atomic E-state index is -0.960. The SMILES string of the molecule is Cc1cc(OCc2ccc(C(=O)O)cc2)c(N(C[C@@H](C)CF)Sc2ccccn2)cc1C. The molecule has 0 fully saturated rings. The van der Waals surface area contributed by atoms with E-state index in [2.05, 4.69) is 11.1 Å². The first kappa shape index (κ1) is 23.6. The van der Waals surface area contributed by atoms with Gasteiger partial charge in [0.25, 0.3) is 0 Å². The molecule has 3 rings (SSSR count). The van der Waals surface area contributed by atoms with Crippen LogP contribution in [0.25, 0.3) is 0 Å². The zero-order chi connectivity index (χ0) is 23.1. The number of carbonyl (C=O) groups is 1. The molecule has 1 atom stereocenters. The minimum absolute atomic E-state index is 0.163. The van der Waals surface area contributed by atoms with Gasteiger partial charge >= 0.3 is 5.97 Å². The number of hydrogen-bond donors (Lipinski definition) is 1. The maximum absolute atomic E-state index is 13.4. The second kappa shape index (κ2) is 11.0. The number of pyridine rings is 1. The van der Waals surface area contributed by atoms with Crippen LogP contribution < -0.4 is 9.04 Å². The van der Waals surface area contributed by atoms with Gasteiger partial charge in [0.1, 0.15) is 17.4 Å². The van der Waals surface area contributed by atoms with E-state index in [1.807, 2.05) is 49.3 Å². The quantitative estimate of drug-likeness (QED) is 0.374. The molecule has 0 saturated carbocycles. The smallest absolute Gasteiger partial charge is 0.335 e. The molecule has 1 heterocycles. The normalized spacial score (nSPS) is 11.8. The molecule has 0 bridgehead atoms. The van der Waals surface area contributed by atoms with Gasteiger partial charge in [-0.05, 0) is 66.9 Å². The van der Waals surface area contributed by atoms with Crippen LogP contribution in [0, 0.1) is 19.8 Å². The fraction of sp³-hybridized carbons (Fsp3) is 0.280. The highest BCUT2D eigenvalue weighted by molar-refractivity contribution is 8.00. The Morgan fingerprint density at radius 2 is 1.88 bits per heavy atom. The number of aromatic carboxylic acids is 1. The summed E-state index contributed by atoms with van der Waals surface area (Å²) in [6.45, 7) is 6.29. The third-order valence-electron chi connectivity index (χ3n) is 5.02. The maximum Gasteiger partial charge on any atom is 0.335 e. The van der Waals surface area contributed by atoms with E-state index in [4.69, 9.17) is 9.84 Å². The third-order valence-corrected chi connectivity index (χ3v) is 6.02. The number of halogens is 1. The number of rotatable bonds is 10. The van der Waals surface area contributed by atoms with Crippen molar-refractivity contribution in [2.75, 3.05) is 17.5 Å². The van der Waals surface area contributed by atoms with Gasteiger partial charge in [-0.1, -0.05) is 25.1 Å². The summed E-state index contributed by atoms with van der Waals surface area (Å²) in [5.41, 5.74) is 4.15. The minimum Gasteiger partial charge on any atom is -0.487 e. The monoisotopic (exact) mass is 454 g/mol. The van der Waals surface area contributed by atoms with Gasteiger partial charge in [0, 0.05) is 30.6 Å². The molecule has 2 aromatic carbocycles. The highest BCUT2D eigenvalue weighted by Crippen LogP contribution is 2.38. The Hall–Kier alpha value is -3.06. The van der Waals surface area contributed by atoms with Gasteiger partial charge in [0.2, 0.25) is 0 Å². The number of aryl methyl sites for hydroxylation is 2. The zero-order valence-electron chi connectivity index (χ0n) is 18.4. The van der Waals surface area contributed by atoms with Crippen LogP contribution in [0.4, 0.5) is 10.1 Å². The van der Waals surface area contributed by atoms with Crippen LogP contribution in [0.2, 0.25) is 0 Å². The van der Waals surface area contributed by atoms with Crippen molar-refractivity contribution in [2.45, 2.75) is 32.4 Å². The van der Waals surface area contributed by atoms with Crippen molar-refractivity contribution >= 4 is 23.6 Å². The molecule has 0 amide bonds. The topological polar surface area (TPSA) is 62.7 Å². The average molecular weight is 455 g/mol. The number of carboxylic acids is 1. The lowest BCUT2D eigenvalue weighted by Crippen LogP contribution is -2.23. The van der Waals surface area contributed by atoms with Crippen LogP contribution in [0.15, 0.2) is 65.8 Å². The van der Waals surface area contributed by atoms with E-state index in [1.54, 1.807) is 30.5 Å². The second-order valence-electron chi connectivity index (χ2n) is 7.77. The van der Waals surface area contributed by atoms with Gasteiger partial charge in [-0.2, -0.15) is 0 Å². The van der Waals surface area contributed by atoms with Gasteiger partial charge in [-0.25, -0.2) is 9.78 Å². The van der Waals surface area contributed by atoms with Crippen LogP contribution in [0.5, 0.6) is 5.75 Å². The molecule has 168 valence electrons. The number of ether oxygens (including phenoxy) is 1. The zero-order valence-corrected chi connectivity index (χ0v) is 19.2. The summed E-state index contributed by atoms with van der Waals surface area (Å²) in [5, 5.41) is 9.89. The maximum atomic E-state index is 13.4.